The fourth-order valence-corrected chi connectivity index (χ4v) is 3.76. The molecule has 0 N–H and O–H groups in total. The Kier molecular flexibility index (Phi) is 6.56. The van der Waals surface area contributed by atoms with E-state index in [9.17, 15) is 8.42 Å². The Labute approximate surface area is 178 Å². The molecule has 0 heterocycles. The molecule has 0 spiro atoms. The van der Waals surface area contributed by atoms with Crippen LogP contribution in [0, 0.1) is 0 Å². The third-order valence-electron chi connectivity index (χ3n) is 3.94. The Morgan fingerprint density at radius 2 is 1.52 bits per heavy atom. The highest BCUT2D eigenvalue weighted by Crippen LogP contribution is 2.25. The lowest BCUT2D eigenvalue weighted by molar-refractivity contribution is 0.414. The first-order chi connectivity index (χ1) is 13.9. The predicted octanol–water partition coefficient (Wildman–Crippen LogP) is 4.98. The van der Waals surface area contributed by atoms with E-state index in [2.05, 4.69) is 20.9 Å². The van der Waals surface area contributed by atoms with Crippen molar-refractivity contribution in [2.24, 2.45) is 4.99 Å². The van der Waals surface area contributed by atoms with Crippen LogP contribution in [0.5, 0.6) is 17.2 Å². The van der Waals surface area contributed by atoms with Crippen molar-refractivity contribution in [1.82, 2.24) is 0 Å². The zero-order chi connectivity index (χ0) is 20.9. The molecule has 0 radical (unpaired) electrons. The van der Waals surface area contributed by atoms with Gasteiger partial charge < -0.3 is 13.7 Å². The minimum atomic E-state index is -3.94. The average molecular weight is 476 g/mol. The SMILES string of the molecule is COc1ccc(S(=O)(=O)Oc2ccc(/N=C/c3cc(Br)ccc3OC)cc2)cc1. The molecule has 0 saturated carbocycles. The quantitative estimate of drug-likeness (QED) is 0.355. The first-order valence-corrected chi connectivity index (χ1v) is 10.7. The van der Waals surface area contributed by atoms with Gasteiger partial charge in [0.15, 0.2) is 0 Å². The number of hydrogen-bond acceptors (Lipinski definition) is 6. The number of nitrogens with zero attached hydrogens (tertiary/aromatic N) is 1. The summed E-state index contributed by atoms with van der Waals surface area (Å²) in [7, 11) is -0.832. The maximum atomic E-state index is 12.4. The Balaban J connectivity index is 1.74. The van der Waals surface area contributed by atoms with Gasteiger partial charge in [0.05, 0.1) is 19.9 Å². The molecule has 0 aromatic heterocycles. The summed E-state index contributed by atoms with van der Waals surface area (Å²) in [5.41, 5.74) is 1.45. The van der Waals surface area contributed by atoms with E-state index in [1.165, 1.54) is 19.2 Å². The minimum Gasteiger partial charge on any atom is -0.497 e. The van der Waals surface area contributed by atoms with Crippen molar-refractivity contribution < 1.29 is 22.1 Å². The zero-order valence-corrected chi connectivity index (χ0v) is 18.1. The summed E-state index contributed by atoms with van der Waals surface area (Å²) in [6.45, 7) is 0. The summed E-state index contributed by atoms with van der Waals surface area (Å²) in [6.07, 6.45) is 1.67. The van der Waals surface area contributed by atoms with Crippen LogP contribution in [0.3, 0.4) is 0 Å². The van der Waals surface area contributed by atoms with Crippen molar-refractivity contribution in [3.8, 4) is 17.2 Å². The maximum Gasteiger partial charge on any atom is 0.339 e. The largest absolute Gasteiger partial charge is 0.497 e. The third kappa shape index (κ3) is 5.36. The highest BCUT2D eigenvalue weighted by molar-refractivity contribution is 9.10. The van der Waals surface area contributed by atoms with Crippen molar-refractivity contribution in [2.45, 2.75) is 4.90 Å². The van der Waals surface area contributed by atoms with Gasteiger partial charge in [-0.05, 0) is 66.7 Å². The minimum absolute atomic E-state index is 0.0437. The van der Waals surface area contributed by atoms with Crippen LogP contribution < -0.4 is 13.7 Å². The highest BCUT2D eigenvalue weighted by atomic mass is 79.9. The summed E-state index contributed by atoms with van der Waals surface area (Å²) >= 11 is 3.42. The van der Waals surface area contributed by atoms with Crippen LogP contribution in [0.2, 0.25) is 0 Å². The zero-order valence-electron chi connectivity index (χ0n) is 15.7. The first kappa shape index (κ1) is 20.9. The molecule has 3 rings (SSSR count). The van der Waals surface area contributed by atoms with E-state index in [1.54, 1.807) is 49.7 Å². The lowest BCUT2D eigenvalue weighted by Crippen LogP contribution is -2.09. The summed E-state index contributed by atoms with van der Waals surface area (Å²) < 4.78 is 41.2. The van der Waals surface area contributed by atoms with Gasteiger partial charge in [-0.1, -0.05) is 15.9 Å². The van der Waals surface area contributed by atoms with Gasteiger partial charge in [0, 0.05) is 16.3 Å². The van der Waals surface area contributed by atoms with Crippen molar-refractivity contribution >= 4 is 38.0 Å². The molecule has 0 aliphatic carbocycles. The molecule has 150 valence electrons. The van der Waals surface area contributed by atoms with Gasteiger partial charge in [0.25, 0.3) is 0 Å². The van der Waals surface area contributed by atoms with Crippen LogP contribution in [0.15, 0.2) is 81.1 Å². The Hall–Kier alpha value is -2.84. The highest BCUT2D eigenvalue weighted by Gasteiger charge is 2.16. The van der Waals surface area contributed by atoms with Gasteiger partial charge >= 0.3 is 10.1 Å². The van der Waals surface area contributed by atoms with Crippen molar-refractivity contribution in [3.63, 3.8) is 0 Å². The fourth-order valence-electron chi connectivity index (χ4n) is 2.46. The molecule has 29 heavy (non-hydrogen) atoms. The Bertz CT molecular complexity index is 1110. The van der Waals surface area contributed by atoms with E-state index in [0.29, 0.717) is 17.2 Å². The molecule has 0 unspecified atom stereocenters. The lowest BCUT2D eigenvalue weighted by atomic mass is 10.2. The second-order valence-corrected chi connectivity index (χ2v) is 8.31. The summed E-state index contributed by atoms with van der Waals surface area (Å²) in [6, 6.07) is 18.0. The van der Waals surface area contributed by atoms with Crippen molar-refractivity contribution in [3.05, 3.63) is 76.8 Å². The van der Waals surface area contributed by atoms with Gasteiger partial charge in [-0.25, -0.2) is 0 Å². The smallest absolute Gasteiger partial charge is 0.339 e. The van der Waals surface area contributed by atoms with Gasteiger partial charge in [-0.15, -0.1) is 0 Å². The monoisotopic (exact) mass is 475 g/mol. The fraction of sp³-hybridized carbons (Fsp3) is 0.0952. The second kappa shape index (κ2) is 9.11. The average Bonchev–Trinajstić information content (AvgIpc) is 2.73. The van der Waals surface area contributed by atoms with E-state index < -0.39 is 10.1 Å². The number of hydrogen-bond donors (Lipinski definition) is 0. The molecule has 6 nitrogen and oxygen atoms in total. The number of ether oxygens (including phenoxy) is 2. The van der Waals surface area contributed by atoms with Crippen LogP contribution in [0.1, 0.15) is 5.56 Å². The van der Waals surface area contributed by atoms with Crippen LogP contribution in [-0.2, 0) is 10.1 Å². The molecule has 3 aromatic rings. The number of halogens is 1. The lowest BCUT2D eigenvalue weighted by Gasteiger charge is -2.08. The van der Waals surface area contributed by atoms with E-state index >= 15 is 0 Å². The predicted molar refractivity (Wildman–Crippen MR) is 115 cm³/mol. The summed E-state index contributed by atoms with van der Waals surface area (Å²) in [5.74, 6) is 1.45. The van der Waals surface area contributed by atoms with E-state index in [1.807, 2.05) is 18.2 Å². The second-order valence-electron chi connectivity index (χ2n) is 5.85. The van der Waals surface area contributed by atoms with Crippen LogP contribution in [0.25, 0.3) is 0 Å². The van der Waals surface area contributed by atoms with Crippen LogP contribution in [-0.4, -0.2) is 28.9 Å². The van der Waals surface area contributed by atoms with E-state index in [4.69, 9.17) is 13.7 Å². The van der Waals surface area contributed by atoms with Crippen LogP contribution in [0.4, 0.5) is 5.69 Å². The maximum absolute atomic E-state index is 12.4. The number of methoxy groups -OCH3 is 2. The topological polar surface area (TPSA) is 74.2 Å². The number of benzene rings is 3. The molecule has 0 fully saturated rings. The van der Waals surface area contributed by atoms with Gasteiger partial charge in [0.2, 0.25) is 0 Å². The molecule has 0 amide bonds. The Morgan fingerprint density at radius 3 is 2.14 bits per heavy atom. The Morgan fingerprint density at radius 1 is 0.862 bits per heavy atom. The molecule has 0 aliphatic heterocycles. The summed E-state index contributed by atoms with van der Waals surface area (Å²) in [5, 5.41) is 0. The molecule has 3 aromatic carbocycles. The summed E-state index contributed by atoms with van der Waals surface area (Å²) in [4.78, 5) is 4.44. The molecule has 0 atom stereocenters. The third-order valence-corrected chi connectivity index (χ3v) is 5.69. The van der Waals surface area contributed by atoms with Crippen molar-refractivity contribution in [2.75, 3.05) is 14.2 Å². The number of aliphatic imine (C=N–C) groups is 1. The van der Waals surface area contributed by atoms with E-state index in [0.717, 1.165) is 10.0 Å². The molecule has 8 heteroatoms. The molecule has 0 aliphatic rings. The van der Waals surface area contributed by atoms with Gasteiger partial charge in [-0.2, -0.15) is 8.42 Å². The van der Waals surface area contributed by atoms with Gasteiger partial charge in [-0.3, -0.25) is 4.99 Å². The molecular formula is C21H18BrNO5S. The van der Waals surface area contributed by atoms with E-state index in [-0.39, 0.29) is 10.6 Å². The molecular weight excluding hydrogens is 458 g/mol. The van der Waals surface area contributed by atoms with Crippen LogP contribution >= 0.6 is 15.9 Å². The first-order valence-electron chi connectivity index (χ1n) is 8.47. The normalized spacial score (nSPS) is 11.4. The molecule has 0 saturated heterocycles. The standard InChI is InChI=1S/C21H18BrNO5S/c1-26-18-8-10-20(11-9-18)29(24,25)28-19-6-4-17(5-7-19)23-14-15-13-16(22)3-12-21(15)27-2/h3-14H,1-2H3/b23-14+. The molecule has 0 bridgehead atoms. The number of rotatable bonds is 7. The van der Waals surface area contributed by atoms with Crippen molar-refractivity contribution in [1.29, 1.82) is 0 Å². The van der Waals surface area contributed by atoms with Gasteiger partial charge in [0.1, 0.15) is 22.1 Å².